The quantitative estimate of drug-likeness (QED) is 0.232. The number of carbonyl (C=O) groups excluding carboxylic acids is 3. The van der Waals surface area contributed by atoms with E-state index < -0.39 is 24.4 Å². The van der Waals surface area contributed by atoms with Crippen molar-refractivity contribution in [3.8, 4) is 11.1 Å². The van der Waals surface area contributed by atoms with Gasteiger partial charge in [0.1, 0.15) is 12.4 Å². The second-order valence-corrected chi connectivity index (χ2v) is 12.0. The number of nitrogens with one attached hydrogen (secondary N) is 2. The number of amides is 2. The number of ether oxygens (including phenoxy) is 1. The molecule has 1 saturated heterocycles. The number of carbonyl (C=O) groups is 3. The van der Waals surface area contributed by atoms with E-state index in [9.17, 15) is 14.4 Å². The zero-order valence-corrected chi connectivity index (χ0v) is 25.2. The fraction of sp³-hybridized carbons (Fsp3) is 0.324. The molecule has 2 aliphatic rings. The molecular weight excluding hydrogens is 543 g/mol. The molecule has 0 aromatic heterocycles. The monoisotopic (exact) mass is 580 g/mol. The summed E-state index contributed by atoms with van der Waals surface area (Å²) in [6, 6.07) is 23.6. The number of hydrogen-bond acceptors (Lipinski definition) is 6. The van der Waals surface area contributed by atoms with Crippen LogP contribution in [0.2, 0.25) is 0 Å². The average molecular weight is 580 g/mol. The fourth-order valence-electron chi connectivity index (χ4n) is 5.33. The van der Waals surface area contributed by atoms with Gasteiger partial charge in [-0.2, -0.15) is 0 Å². The number of anilines is 1. The normalized spacial score (nSPS) is 16.8. The molecule has 9 heteroatoms. The van der Waals surface area contributed by atoms with Crippen LogP contribution in [0.5, 0.6) is 0 Å². The van der Waals surface area contributed by atoms with Crippen LogP contribution in [0.4, 0.5) is 10.5 Å². The molecule has 2 amide bonds. The van der Waals surface area contributed by atoms with Gasteiger partial charge in [0.15, 0.2) is 0 Å². The van der Waals surface area contributed by atoms with E-state index in [-0.39, 0.29) is 37.2 Å². The number of alkyl carbamates (subject to hydrolysis) is 1. The summed E-state index contributed by atoms with van der Waals surface area (Å²) in [6.45, 7) is 9.63. The first kappa shape index (κ1) is 30.3. The molecular formula is C34H37BN2O6. The third kappa shape index (κ3) is 6.73. The van der Waals surface area contributed by atoms with Gasteiger partial charge < -0.3 is 24.7 Å². The van der Waals surface area contributed by atoms with Crippen molar-refractivity contribution in [2.75, 3.05) is 18.5 Å². The number of rotatable bonds is 9. The second-order valence-electron chi connectivity index (χ2n) is 12.0. The third-order valence-electron chi connectivity index (χ3n) is 8.29. The topological polar surface area (TPSA) is 103 Å². The highest BCUT2D eigenvalue weighted by Crippen LogP contribution is 2.44. The molecule has 1 heterocycles. The van der Waals surface area contributed by atoms with Gasteiger partial charge in [0.05, 0.1) is 17.6 Å². The maximum Gasteiger partial charge on any atom is 0.492 e. The van der Waals surface area contributed by atoms with E-state index >= 15 is 0 Å². The van der Waals surface area contributed by atoms with Crippen molar-refractivity contribution in [1.29, 1.82) is 0 Å². The summed E-state index contributed by atoms with van der Waals surface area (Å²) in [5.74, 6) is -0.597. The first-order valence-electron chi connectivity index (χ1n) is 14.5. The molecule has 0 radical (unpaired) electrons. The minimum Gasteiger partial charge on any atom is -0.449 e. The smallest absolute Gasteiger partial charge is 0.449 e. The lowest BCUT2D eigenvalue weighted by atomic mass is 9.77. The van der Waals surface area contributed by atoms with Gasteiger partial charge in [-0.15, -0.1) is 0 Å². The third-order valence-corrected chi connectivity index (χ3v) is 8.29. The van der Waals surface area contributed by atoms with Crippen molar-refractivity contribution in [3.05, 3.63) is 95.0 Å². The maximum absolute atomic E-state index is 13.0. The van der Waals surface area contributed by atoms with Gasteiger partial charge in [-0.1, -0.05) is 66.7 Å². The molecule has 222 valence electrons. The van der Waals surface area contributed by atoms with Crippen LogP contribution in [0, 0.1) is 0 Å². The average Bonchev–Trinajstić information content (AvgIpc) is 3.39. The molecule has 0 bridgehead atoms. The Balaban J connectivity index is 1.28. The molecule has 0 saturated carbocycles. The molecule has 5 rings (SSSR count). The highest BCUT2D eigenvalue weighted by Gasteiger charge is 2.52. The summed E-state index contributed by atoms with van der Waals surface area (Å²) in [5.41, 5.74) is 5.62. The Kier molecular flexibility index (Phi) is 8.58. The van der Waals surface area contributed by atoms with E-state index in [0.717, 1.165) is 16.7 Å². The minimum absolute atomic E-state index is 0.0364. The SMILES string of the molecule is CC(=O)CC(=O)Nc1ccc(C=C(CNC(=O)OCC2c3ccccc3-c3ccccc32)B2OC(C)(C)C(C)(C)O2)cc1. The summed E-state index contributed by atoms with van der Waals surface area (Å²) < 4.78 is 18.3. The number of hydrogen-bond donors (Lipinski definition) is 2. The fourth-order valence-corrected chi connectivity index (χ4v) is 5.33. The molecule has 1 aliphatic heterocycles. The summed E-state index contributed by atoms with van der Waals surface area (Å²) in [7, 11) is -0.686. The molecule has 0 spiro atoms. The second kappa shape index (κ2) is 12.2. The molecule has 2 N–H and O–H groups in total. The van der Waals surface area contributed by atoms with Crippen LogP contribution in [0.3, 0.4) is 0 Å². The van der Waals surface area contributed by atoms with E-state index in [4.69, 9.17) is 14.0 Å². The molecule has 43 heavy (non-hydrogen) atoms. The Labute approximate surface area is 253 Å². The number of ketones is 1. The number of benzene rings is 3. The first-order valence-corrected chi connectivity index (χ1v) is 14.5. The predicted molar refractivity (Wildman–Crippen MR) is 168 cm³/mol. The summed E-state index contributed by atoms with van der Waals surface area (Å²) in [5, 5.41) is 5.60. The standard InChI is InChI=1S/C34H37BN2O6/c1-22(38)18-31(39)37-25-16-14-23(15-17-25)19-24(35-42-33(2,3)34(4,5)43-35)20-36-32(40)41-21-30-28-12-8-6-10-26(28)27-11-7-9-13-29(27)30/h6-17,19,30H,18,20-21H2,1-5H3,(H,36,40)(H,37,39). The predicted octanol–water partition coefficient (Wildman–Crippen LogP) is 6.16. The van der Waals surface area contributed by atoms with Gasteiger partial charge in [0.25, 0.3) is 0 Å². The largest absolute Gasteiger partial charge is 0.492 e. The van der Waals surface area contributed by atoms with Crippen molar-refractivity contribution in [3.63, 3.8) is 0 Å². The Bertz CT molecular complexity index is 1500. The lowest BCUT2D eigenvalue weighted by molar-refractivity contribution is -0.124. The Morgan fingerprint density at radius 3 is 1.98 bits per heavy atom. The summed E-state index contributed by atoms with van der Waals surface area (Å²) >= 11 is 0. The van der Waals surface area contributed by atoms with Crippen molar-refractivity contribution in [2.45, 2.75) is 58.2 Å². The van der Waals surface area contributed by atoms with Crippen LogP contribution in [-0.4, -0.2) is 49.3 Å². The zero-order valence-electron chi connectivity index (χ0n) is 25.2. The van der Waals surface area contributed by atoms with Crippen LogP contribution in [-0.2, 0) is 23.6 Å². The number of fused-ring (bicyclic) bond motifs is 3. The Morgan fingerprint density at radius 2 is 1.42 bits per heavy atom. The molecule has 8 nitrogen and oxygen atoms in total. The van der Waals surface area contributed by atoms with E-state index in [1.54, 1.807) is 12.1 Å². The van der Waals surface area contributed by atoms with E-state index in [0.29, 0.717) is 11.2 Å². The molecule has 0 atom stereocenters. The molecule has 0 unspecified atom stereocenters. The lowest BCUT2D eigenvalue weighted by Gasteiger charge is -2.32. The van der Waals surface area contributed by atoms with Crippen LogP contribution in [0.25, 0.3) is 17.2 Å². The van der Waals surface area contributed by atoms with Crippen LogP contribution in [0.1, 0.15) is 63.6 Å². The molecule has 1 fully saturated rings. The number of Topliss-reactive ketones (excluding diaryl/α,β-unsaturated/α-hetero) is 1. The zero-order chi connectivity index (χ0) is 30.8. The van der Waals surface area contributed by atoms with Crippen molar-refractivity contribution in [1.82, 2.24) is 5.32 Å². The molecule has 3 aromatic carbocycles. The lowest BCUT2D eigenvalue weighted by Crippen LogP contribution is -2.41. The Morgan fingerprint density at radius 1 is 0.860 bits per heavy atom. The van der Waals surface area contributed by atoms with Gasteiger partial charge in [-0.25, -0.2) is 4.79 Å². The van der Waals surface area contributed by atoms with Gasteiger partial charge in [-0.3, -0.25) is 9.59 Å². The highest BCUT2D eigenvalue weighted by atomic mass is 16.7. The van der Waals surface area contributed by atoms with Crippen LogP contribution in [0.15, 0.2) is 78.3 Å². The van der Waals surface area contributed by atoms with Gasteiger partial charge in [0, 0.05) is 18.2 Å². The van der Waals surface area contributed by atoms with Crippen molar-refractivity contribution in [2.24, 2.45) is 0 Å². The van der Waals surface area contributed by atoms with Crippen molar-refractivity contribution >= 4 is 36.7 Å². The van der Waals surface area contributed by atoms with Crippen LogP contribution < -0.4 is 10.6 Å². The first-order chi connectivity index (χ1) is 20.4. The molecule has 3 aromatic rings. The van der Waals surface area contributed by atoms with Crippen LogP contribution >= 0.6 is 0 Å². The maximum atomic E-state index is 13.0. The highest BCUT2D eigenvalue weighted by molar-refractivity contribution is 6.56. The van der Waals surface area contributed by atoms with Crippen molar-refractivity contribution < 1.29 is 28.4 Å². The van der Waals surface area contributed by atoms with Gasteiger partial charge in [-0.05, 0) is 80.0 Å². The van der Waals surface area contributed by atoms with Gasteiger partial charge >= 0.3 is 13.2 Å². The minimum atomic E-state index is -0.686. The summed E-state index contributed by atoms with van der Waals surface area (Å²) in [4.78, 5) is 36.1. The van der Waals surface area contributed by atoms with E-state index in [1.807, 2.05) is 70.2 Å². The van der Waals surface area contributed by atoms with E-state index in [2.05, 4.69) is 34.9 Å². The molecule has 1 aliphatic carbocycles. The summed E-state index contributed by atoms with van der Waals surface area (Å²) in [6.07, 6.45) is 1.19. The van der Waals surface area contributed by atoms with E-state index in [1.165, 1.54) is 18.1 Å². The Hall–Kier alpha value is -4.21. The van der Waals surface area contributed by atoms with Gasteiger partial charge in [0.2, 0.25) is 5.91 Å².